The van der Waals surface area contributed by atoms with Crippen LogP contribution >= 0.6 is 11.6 Å². The maximum atomic E-state index is 5.93. The van der Waals surface area contributed by atoms with Crippen molar-refractivity contribution in [3.05, 3.63) is 52.8 Å². The Labute approximate surface area is 115 Å². The molecule has 98 valence electrons. The average molecular weight is 277 g/mol. The van der Waals surface area contributed by atoms with Crippen LogP contribution in [-0.2, 0) is 13.1 Å². The lowest BCUT2D eigenvalue weighted by Gasteiger charge is -1.97. The van der Waals surface area contributed by atoms with Gasteiger partial charge in [-0.1, -0.05) is 16.8 Å². The van der Waals surface area contributed by atoms with Crippen molar-refractivity contribution < 1.29 is 4.52 Å². The minimum atomic E-state index is 0.634. The molecule has 0 aromatic carbocycles. The highest BCUT2D eigenvalue weighted by atomic mass is 35.5. The fourth-order valence-electron chi connectivity index (χ4n) is 1.92. The first-order chi connectivity index (χ1) is 9.20. The number of hydrogen-bond acceptors (Lipinski definition) is 4. The van der Waals surface area contributed by atoms with Gasteiger partial charge in [0.1, 0.15) is 5.65 Å². The fourth-order valence-corrected chi connectivity index (χ4v) is 2.08. The van der Waals surface area contributed by atoms with E-state index < -0.39 is 0 Å². The third kappa shape index (κ3) is 2.77. The summed E-state index contributed by atoms with van der Waals surface area (Å²) in [7, 11) is 0. The molecule has 5 nitrogen and oxygen atoms in total. The molecule has 6 heteroatoms. The van der Waals surface area contributed by atoms with Crippen molar-refractivity contribution in [2.75, 3.05) is 0 Å². The van der Waals surface area contributed by atoms with Gasteiger partial charge in [-0.25, -0.2) is 4.98 Å². The van der Waals surface area contributed by atoms with E-state index in [1.54, 1.807) is 0 Å². The average Bonchev–Trinajstić information content (AvgIpc) is 2.95. The predicted molar refractivity (Wildman–Crippen MR) is 72.0 cm³/mol. The summed E-state index contributed by atoms with van der Waals surface area (Å²) in [6, 6.07) is 5.64. The number of imidazole rings is 1. The van der Waals surface area contributed by atoms with Crippen LogP contribution in [0, 0.1) is 6.92 Å². The molecule has 0 aliphatic rings. The second-order valence-electron chi connectivity index (χ2n) is 4.38. The number of halogens is 1. The molecule has 0 aliphatic carbocycles. The van der Waals surface area contributed by atoms with E-state index in [4.69, 9.17) is 16.1 Å². The van der Waals surface area contributed by atoms with Crippen LogP contribution in [0.3, 0.4) is 0 Å². The molecule has 19 heavy (non-hydrogen) atoms. The number of nitrogens with zero attached hydrogens (tertiary/aromatic N) is 3. The summed E-state index contributed by atoms with van der Waals surface area (Å²) in [5, 5.41) is 7.80. The molecule has 0 bridgehead atoms. The van der Waals surface area contributed by atoms with E-state index in [-0.39, 0.29) is 0 Å². The molecule has 0 radical (unpaired) electrons. The summed E-state index contributed by atoms with van der Waals surface area (Å²) in [6.45, 7) is 3.20. The van der Waals surface area contributed by atoms with Crippen molar-refractivity contribution in [1.82, 2.24) is 19.9 Å². The molecule has 0 saturated carbocycles. The first kappa shape index (κ1) is 12.2. The van der Waals surface area contributed by atoms with Gasteiger partial charge in [-0.05, 0) is 19.1 Å². The van der Waals surface area contributed by atoms with E-state index in [2.05, 4.69) is 15.5 Å². The molecule has 0 atom stereocenters. The van der Waals surface area contributed by atoms with E-state index in [1.807, 2.05) is 41.9 Å². The summed E-state index contributed by atoms with van der Waals surface area (Å²) in [5.41, 5.74) is 2.73. The molecule has 0 saturated heterocycles. The van der Waals surface area contributed by atoms with E-state index in [1.165, 1.54) is 0 Å². The zero-order valence-electron chi connectivity index (χ0n) is 10.4. The van der Waals surface area contributed by atoms with E-state index in [0.29, 0.717) is 18.1 Å². The standard InChI is InChI=1S/C13H13ClN4O/c1-9-4-12(19-17-9)6-15-5-11-8-18-7-10(14)2-3-13(18)16-11/h2-4,7-8,15H,5-6H2,1H3. The molecular formula is C13H13ClN4O. The van der Waals surface area contributed by atoms with Gasteiger partial charge in [0, 0.05) is 25.0 Å². The first-order valence-corrected chi connectivity index (χ1v) is 6.34. The van der Waals surface area contributed by atoms with Gasteiger partial charge in [0.15, 0.2) is 5.76 Å². The summed E-state index contributed by atoms with van der Waals surface area (Å²) >= 11 is 5.93. The second kappa shape index (κ2) is 5.03. The highest BCUT2D eigenvalue weighted by Gasteiger charge is 2.03. The third-order valence-corrected chi connectivity index (χ3v) is 2.97. The number of hydrogen-bond donors (Lipinski definition) is 1. The van der Waals surface area contributed by atoms with Gasteiger partial charge in [-0.3, -0.25) is 0 Å². The summed E-state index contributed by atoms with van der Waals surface area (Å²) in [5.74, 6) is 0.823. The van der Waals surface area contributed by atoms with Crippen LogP contribution in [-0.4, -0.2) is 14.5 Å². The van der Waals surface area contributed by atoms with Crippen LogP contribution in [0.15, 0.2) is 35.1 Å². The van der Waals surface area contributed by atoms with Crippen LogP contribution in [0.25, 0.3) is 5.65 Å². The Bertz CT molecular complexity index is 704. The topological polar surface area (TPSA) is 55.4 Å². The molecule has 0 fully saturated rings. The number of aryl methyl sites for hydroxylation is 1. The lowest BCUT2D eigenvalue weighted by atomic mass is 10.4. The quantitative estimate of drug-likeness (QED) is 0.796. The minimum Gasteiger partial charge on any atom is -0.360 e. The molecule has 0 unspecified atom stereocenters. The Morgan fingerprint density at radius 1 is 1.32 bits per heavy atom. The van der Waals surface area contributed by atoms with Gasteiger partial charge in [0.25, 0.3) is 0 Å². The zero-order chi connectivity index (χ0) is 13.2. The molecule has 0 aliphatic heterocycles. The van der Waals surface area contributed by atoms with Gasteiger partial charge < -0.3 is 14.2 Å². The maximum absolute atomic E-state index is 5.93. The van der Waals surface area contributed by atoms with Crippen molar-refractivity contribution >= 4 is 17.2 Å². The van der Waals surface area contributed by atoms with Crippen LogP contribution < -0.4 is 5.32 Å². The largest absolute Gasteiger partial charge is 0.360 e. The lowest BCUT2D eigenvalue weighted by Crippen LogP contribution is -2.12. The Balaban J connectivity index is 1.65. The van der Waals surface area contributed by atoms with Crippen molar-refractivity contribution in [2.45, 2.75) is 20.0 Å². The Kier molecular flexibility index (Phi) is 3.23. The molecule has 0 amide bonds. The van der Waals surface area contributed by atoms with Crippen molar-refractivity contribution in [1.29, 1.82) is 0 Å². The summed E-state index contributed by atoms with van der Waals surface area (Å²) < 4.78 is 7.04. The van der Waals surface area contributed by atoms with E-state index in [9.17, 15) is 0 Å². The van der Waals surface area contributed by atoms with Crippen molar-refractivity contribution in [3.63, 3.8) is 0 Å². The number of fused-ring (bicyclic) bond motifs is 1. The normalized spacial score (nSPS) is 11.3. The zero-order valence-corrected chi connectivity index (χ0v) is 11.2. The smallest absolute Gasteiger partial charge is 0.150 e. The van der Waals surface area contributed by atoms with E-state index in [0.717, 1.165) is 22.8 Å². The van der Waals surface area contributed by atoms with Crippen LogP contribution in [0.5, 0.6) is 0 Å². The monoisotopic (exact) mass is 276 g/mol. The second-order valence-corrected chi connectivity index (χ2v) is 4.82. The number of aromatic nitrogens is 3. The summed E-state index contributed by atoms with van der Waals surface area (Å²) in [6.07, 6.45) is 3.80. The third-order valence-electron chi connectivity index (χ3n) is 2.75. The van der Waals surface area contributed by atoms with Gasteiger partial charge in [0.2, 0.25) is 0 Å². The Morgan fingerprint density at radius 2 is 2.21 bits per heavy atom. The number of rotatable bonds is 4. The van der Waals surface area contributed by atoms with Gasteiger partial charge in [-0.15, -0.1) is 0 Å². The van der Waals surface area contributed by atoms with Gasteiger partial charge >= 0.3 is 0 Å². The van der Waals surface area contributed by atoms with Gasteiger partial charge in [0.05, 0.1) is 23.0 Å². The van der Waals surface area contributed by atoms with Crippen molar-refractivity contribution in [3.8, 4) is 0 Å². The minimum absolute atomic E-state index is 0.634. The number of pyridine rings is 1. The van der Waals surface area contributed by atoms with Crippen LogP contribution in [0.2, 0.25) is 5.02 Å². The molecule has 3 heterocycles. The fraction of sp³-hybridized carbons (Fsp3) is 0.231. The first-order valence-electron chi connectivity index (χ1n) is 5.97. The highest BCUT2D eigenvalue weighted by Crippen LogP contribution is 2.11. The van der Waals surface area contributed by atoms with Crippen molar-refractivity contribution in [2.24, 2.45) is 0 Å². The SMILES string of the molecule is Cc1cc(CNCc2cn3cc(Cl)ccc3n2)on1. The molecule has 3 aromatic rings. The molecule has 1 N–H and O–H groups in total. The van der Waals surface area contributed by atoms with Crippen LogP contribution in [0.4, 0.5) is 0 Å². The molecule has 0 spiro atoms. The molecular weight excluding hydrogens is 264 g/mol. The summed E-state index contributed by atoms with van der Waals surface area (Å²) in [4.78, 5) is 4.49. The Morgan fingerprint density at radius 3 is 3.00 bits per heavy atom. The Hall–Kier alpha value is -1.85. The van der Waals surface area contributed by atoms with Crippen LogP contribution in [0.1, 0.15) is 17.1 Å². The van der Waals surface area contributed by atoms with Gasteiger partial charge in [-0.2, -0.15) is 0 Å². The molecule has 3 rings (SSSR count). The number of nitrogens with one attached hydrogen (secondary N) is 1. The van der Waals surface area contributed by atoms with E-state index >= 15 is 0 Å². The predicted octanol–water partition coefficient (Wildman–Crippen LogP) is 2.57. The lowest BCUT2D eigenvalue weighted by molar-refractivity contribution is 0.369. The highest BCUT2D eigenvalue weighted by molar-refractivity contribution is 6.30. The maximum Gasteiger partial charge on any atom is 0.150 e. The molecule has 3 aromatic heterocycles.